The summed E-state index contributed by atoms with van der Waals surface area (Å²) in [5.74, 6) is 0. The molecule has 2 atom stereocenters. The first kappa shape index (κ1) is 17.7. The van der Waals surface area contributed by atoms with E-state index in [1.54, 1.807) is 0 Å². The molecule has 2 heterocycles. The molecule has 0 N–H and O–H groups in total. The van der Waals surface area contributed by atoms with E-state index in [-0.39, 0.29) is 0 Å². The highest BCUT2D eigenvalue weighted by Gasteiger charge is 2.32. The zero-order valence-corrected chi connectivity index (χ0v) is 15.6. The Morgan fingerprint density at radius 1 is 0.905 bits per heavy atom. The van der Waals surface area contributed by atoms with Gasteiger partial charge >= 0.3 is 0 Å². The van der Waals surface area contributed by atoms with Gasteiger partial charge < -0.3 is 0 Å². The first-order valence-electron chi connectivity index (χ1n) is 9.35. The third-order valence-electron chi connectivity index (χ3n) is 5.40. The topological polar surface area (TPSA) is 6.48 Å². The highest BCUT2D eigenvalue weighted by molar-refractivity contribution is 9.09. The van der Waals surface area contributed by atoms with Gasteiger partial charge in [0.25, 0.3) is 0 Å². The summed E-state index contributed by atoms with van der Waals surface area (Å²) in [6, 6.07) is 1.65. The lowest BCUT2D eigenvalue weighted by molar-refractivity contribution is 0.0146. The van der Waals surface area contributed by atoms with Crippen LogP contribution < -0.4 is 0 Å². The summed E-state index contributed by atoms with van der Waals surface area (Å²) in [4.78, 5) is 5.53. The smallest absolute Gasteiger partial charge is 0.0223 e. The minimum atomic E-state index is 0.776. The van der Waals surface area contributed by atoms with Gasteiger partial charge in [0.05, 0.1) is 0 Å². The average molecular weight is 359 g/mol. The molecule has 0 aromatic carbocycles. The molecule has 2 unspecified atom stereocenters. The summed E-state index contributed by atoms with van der Waals surface area (Å²) < 4.78 is 0. The van der Waals surface area contributed by atoms with Crippen LogP contribution in [0.1, 0.15) is 71.1 Å². The molecule has 0 aromatic heterocycles. The van der Waals surface area contributed by atoms with Crippen LogP contribution in [0.25, 0.3) is 0 Å². The van der Waals surface area contributed by atoms with Gasteiger partial charge in [0.15, 0.2) is 0 Å². The van der Waals surface area contributed by atoms with E-state index >= 15 is 0 Å². The van der Waals surface area contributed by atoms with Crippen molar-refractivity contribution in [2.45, 2.75) is 83.2 Å². The molecule has 0 amide bonds. The van der Waals surface area contributed by atoms with Gasteiger partial charge in [-0.25, -0.2) is 0 Å². The number of fused-ring (bicyclic) bond motifs is 1. The van der Waals surface area contributed by atoms with Gasteiger partial charge in [-0.05, 0) is 45.7 Å². The standard InChI is InChI=1S/C18H35BrN2/c1-17-15-21-14-10-7-11-18(21)16-20(17)13-9-6-4-2-3-5-8-12-19/h17-18H,2-16H2,1H3. The zero-order valence-electron chi connectivity index (χ0n) is 14.0. The van der Waals surface area contributed by atoms with E-state index in [0.717, 1.165) is 12.1 Å². The number of halogens is 1. The summed E-state index contributed by atoms with van der Waals surface area (Å²) in [6.45, 7) is 7.79. The fraction of sp³-hybridized carbons (Fsp3) is 1.00. The largest absolute Gasteiger partial charge is 0.298 e. The van der Waals surface area contributed by atoms with Crippen molar-refractivity contribution in [2.24, 2.45) is 0 Å². The van der Waals surface area contributed by atoms with Gasteiger partial charge in [-0.1, -0.05) is 54.5 Å². The van der Waals surface area contributed by atoms with Crippen LogP contribution in [0, 0.1) is 0 Å². The molecule has 0 aliphatic carbocycles. The molecular formula is C18H35BrN2. The van der Waals surface area contributed by atoms with Crippen LogP contribution in [-0.2, 0) is 0 Å². The van der Waals surface area contributed by atoms with Crippen molar-refractivity contribution in [3.05, 3.63) is 0 Å². The normalized spacial score (nSPS) is 27.7. The third-order valence-corrected chi connectivity index (χ3v) is 5.96. The minimum absolute atomic E-state index is 0.776. The van der Waals surface area contributed by atoms with Crippen LogP contribution >= 0.6 is 15.9 Å². The SMILES string of the molecule is CC1CN2CCCCC2CN1CCCCCCCCCBr. The van der Waals surface area contributed by atoms with Crippen molar-refractivity contribution in [1.29, 1.82) is 0 Å². The number of piperidine rings is 1. The van der Waals surface area contributed by atoms with Crippen molar-refractivity contribution in [3.63, 3.8) is 0 Å². The molecule has 2 rings (SSSR count). The molecule has 2 aliphatic rings. The lowest BCUT2D eigenvalue weighted by Gasteiger charge is -2.47. The van der Waals surface area contributed by atoms with Crippen LogP contribution in [0.4, 0.5) is 0 Å². The molecule has 0 aromatic rings. The maximum Gasteiger partial charge on any atom is 0.0223 e. The van der Waals surface area contributed by atoms with Gasteiger partial charge in [0.1, 0.15) is 0 Å². The maximum atomic E-state index is 3.51. The summed E-state index contributed by atoms with van der Waals surface area (Å²) in [7, 11) is 0. The van der Waals surface area contributed by atoms with Crippen molar-refractivity contribution < 1.29 is 0 Å². The number of hydrogen-bond acceptors (Lipinski definition) is 2. The van der Waals surface area contributed by atoms with E-state index in [1.807, 2.05) is 0 Å². The van der Waals surface area contributed by atoms with Crippen molar-refractivity contribution in [3.8, 4) is 0 Å². The minimum Gasteiger partial charge on any atom is -0.298 e. The van der Waals surface area contributed by atoms with Gasteiger partial charge in [0.2, 0.25) is 0 Å². The fourth-order valence-electron chi connectivity index (χ4n) is 4.02. The molecule has 2 nitrogen and oxygen atoms in total. The maximum absolute atomic E-state index is 3.51. The molecule has 0 bridgehead atoms. The Labute approximate surface area is 140 Å². The third kappa shape index (κ3) is 6.19. The molecule has 2 saturated heterocycles. The Balaban J connectivity index is 1.53. The number of unbranched alkanes of at least 4 members (excludes halogenated alkanes) is 6. The van der Waals surface area contributed by atoms with Crippen LogP contribution in [0.3, 0.4) is 0 Å². The van der Waals surface area contributed by atoms with Crippen LogP contribution in [-0.4, -0.2) is 53.4 Å². The van der Waals surface area contributed by atoms with Crippen LogP contribution in [0.5, 0.6) is 0 Å². The second-order valence-electron chi connectivity index (χ2n) is 7.15. The first-order chi connectivity index (χ1) is 10.3. The average Bonchev–Trinajstić information content (AvgIpc) is 2.50. The summed E-state index contributed by atoms with van der Waals surface area (Å²) in [5.41, 5.74) is 0. The quantitative estimate of drug-likeness (QED) is 0.436. The van der Waals surface area contributed by atoms with Gasteiger partial charge in [-0.3, -0.25) is 9.80 Å². The van der Waals surface area contributed by atoms with Gasteiger partial charge in [-0.15, -0.1) is 0 Å². The number of hydrogen-bond donors (Lipinski definition) is 0. The van der Waals surface area contributed by atoms with Gasteiger partial charge in [0, 0.05) is 30.5 Å². The number of alkyl halides is 1. The molecular weight excluding hydrogens is 324 g/mol. The van der Waals surface area contributed by atoms with Crippen molar-refractivity contribution in [2.75, 3.05) is 31.5 Å². The van der Waals surface area contributed by atoms with Crippen molar-refractivity contribution >= 4 is 15.9 Å². The van der Waals surface area contributed by atoms with E-state index in [2.05, 4.69) is 32.7 Å². The van der Waals surface area contributed by atoms with E-state index in [4.69, 9.17) is 0 Å². The lowest BCUT2D eigenvalue weighted by atomic mass is 9.97. The molecule has 124 valence electrons. The number of piperazine rings is 1. The first-order valence-corrected chi connectivity index (χ1v) is 10.5. The Morgan fingerprint density at radius 3 is 2.38 bits per heavy atom. The molecule has 2 fully saturated rings. The second-order valence-corrected chi connectivity index (χ2v) is 7.95. The van der Waals surface area contributed by atoms with Crippen molar-refractivity contribution in [1.82, 2.24) is 9.80 Å². The van der Waals surface area contributed by atoms with E-state index in [0.29, 0.717) is 0 Å². The Hall–Kier alpha value is 0.400. The predicted molar refractivity (Wildman–Crippen MR) is 96.4 cm³/mol. The molecule has 2 aliphatic heterocycles. The Morgan fingerprint density at radius 2 is 1.62 bits per heavy atom. The molecule has 0 radical (unpaired) electrons. The fourth-order valence-corrected chi connectivity index (χ4v) is 4.41. The second kappa shape index (κ2) is 10.2. The Bertz CT molecular complexity index is 272. The predicted octanol–water partition coefficient (Wildman–Crippen LogP) is 4.67. The monoisotopic (exact) mass is 358 g/mol. The molecule has 0 spiro atoms. The highest BCUT2D eigenvalue weighted by atomic mass is 79.9. The molecule has 3 heteroatoms. The zero-order chi connectivity index (χ0) is 14.9. The van der Waals surface area contributed by atoms with Crippen LogP contribution in [0.2, 0.25) is 0 Å². The van der Waals surface area contributed by atoms with Gasteiger partial charge in [-0.2, -0.15) is 0 Å². The van der Waals surface area contributed by atoms with Crippen LogP contribution in [0.15, 0.2) is 0 Å². The number of nitrogens with zero attached hydrogens (tertiary/aromatic N) is 2. The highest BCUT2D eigenvalue weighted by Crippen LogP contribution is 2.24. The summed E-state index contributed by atoms with van der Waals surface area (Å²) >= 11 is 3.51. The summed E-state index contributed by atoms with van der Waals surface area (Å²) in [5, 5.41) is 1.18. The Kier molecular flexibility index (Phi) is 8.64. The number of rotatable bonds is 9. The summed E-state index contributed by atoms with van der Waals surface area (Å²) in [6.07, 6.45) is 14.3. The van der Waals surface area contributed by atoms with E-state index in [1.165, 1.54) is 95.7 Å². The molecule has 21 heavy (non-hydrogen) atoms. The van der Waals surface area contributed by atoms with E-state index in [9.17, 15) is 0 Å². The lowest BCUT2D eigenvalue weighted by Crippen LogP contribution is -2.58. The molecule has 0 saturated carbocycles. The van der Waals surface area contributed by atoms with E-state index < -0.39 is 0 Å².